The van der Waals surface area contributed by atoms with E-state index in [1.807, 2.05) is 0 Å². The van der Waals surface area contributed by atoms with Gasteiger partial charge in [0.25, 0.3) is 0 Å². The minimum absolute atomic E-state index is 0.0503. The molecule has 0 aliphatic heterocycles. The fraction of sp³-hybridized carbons (Fsp3) is 1.00. The third-order valence-corrected chi connectivity index (χ3v) is 4.99. The van der Waals surface area contributed by atoms with Crippen molar-refractivity contribution in [1.82, 2.24) is 0 Å². The molecule has 1 heteroatoms. The third kappa shape index (κ3) is 1.41. The molecule has 0 aromatic carbocycles. The Morgan fingerprint density at radius 3 is 2.00 bits per heavy atom. The summed E-state index contributed by atoms with van der Waals surface area (Å²) in [5.41, 5.74) is 7.20. The molecule has 0 spiro atoms. The van der Waals surface area contributed by atoms with Crippen LogP contribution >= 0.6 is 0 Å². The second-order valence-electron chi connectivity index (χ2n) is 5.87. The van der Waals surface area contributed by atoms with Crippen LogP contribution in [0.2, 0.25) is 0 Å². The molecule has 1 aliphatic rings. The average molecular weight is 183 g/mol. The molecule has 0 aromatic heterocycles. The Bertz CT molecular complexity index is 193. The Balaban J connectivity index is 3.01. The topological polar surface area (TPSA) is 26.0 Å². The van der Waals surface area contributed by atoms with Crippen molar-refractivity contribution in [3.63, 3.8) is 0 Å². The summed E-state index contributed by atoms with van der Waals surface area (Å²) in [7, 11) is 0. The maximum absolute atomic E-state index is 6.51. The Hall–Kier alpha value is -0.0400. The van der Waals surface area contributed by atoms with Crippen molar-refractivity contribution >= 4 is 0 Å². The molecule has 1 atom stereocenters. The van der Waals surface area contributed by atoms with Crippen molar-refractivity contribution in [2.24, 2.45) is 16.6 Å². The first-order chi connectivity index (χ1) is 5.77. The van der Waals surface area contributed by atoms with Gasteiger partial charge in [-0.05, 0) is 30.1 Å². The Morgan fingerprint density at radius 2 is 1.62 bits per heavy atom. The quantitative estimate of drug-likeness (QED) is 0.663. The third-order valence-electron chi connectivity index (χ3n) is 4.99. The molecule has 1 saturated carbocycles. The van der Waals surface area contributed by atoms with Crippen molar-refractivity contribution in [1.29, 1.82) is 0 Å². The van der Waals surface area contributed by atoms with Gasteiger partial charge in [-0.2, -0.15) is 0 Å². The Labute approximate surface area is 83.1 Å². The second kappa shape index (κ2) is 2.98. The van der Waals surface area contributed by atoms with Gasteiger partial charge in [0, 0.05) is 5.54 Å². The molecule has 1 rings (SSSR count). The van der Waals surface area contributed by atoms with Crippen molar-refractivity contribution in [2.75, 3.05) is 0 Å². The molecule has 78 valence electrons. The Morgan fingerprint density at radius 1 is 1.08 bits per heavy atom. The SMILES string of the molecule is CCC1(N)CCCC(C)(C)C1(C)C. The first-order valence-electron chi connectivity index (χ1n) is 5.56. The lowest BCUT2D eigenvalue weighted by Crippen LogP contribution is -2.60. The summed E-state index contributed by atoms with van der Waals surface area (Å²) >= 11 is 0. The van der Waals surface area contributed by atoms with Crippen molar-refractivity contribution in [3.05, 3.63) is 0 Å². The van der Waals surface area contributed by atoms with Crippen molar-refractivity contribution in [2.45, 2.75) is 65.8 Å². The van der Waals surface area contributed by atoms with Crippen LogP contribution in [0.1, 0.15) is 60.3 Å². The van der Waals surface area contributed by atoms with Gasteiger partial charge in [0.05, 0.1) is 0 Å². The lowest BCUT2D eigenvalue weighted by molar-refractivity contribution is -0.0320. The highest BCUT2D eigenvalue weighted by atomic mass is 14.8. The molecule has 13 heavy (non-hydrogen) atoms. The van der Waals surface area contributed by atoms with Crippen LogP contribution < -0.4 is 5.73 Å². The number of nitrogens with two attached hydrogens (primary N) is 1. The van der Waals surface area contributed by atoms with E-state index in [-0.39, 0.29) is 11.0 Å². The highest BCUT2D eigenvalue weighted by Crippen LogP contribution is 2.54. The molecule has 0 heterocycles. The van der Waals surface area contributed by atoms with Crippen LogP contribution in [0.25, 0.3) is 0 Å². The van der Waals surface area contributed by atoms with E-state index >= 15 is 0 Å². The van der Waals surface area contributed by atoms with Gasteiger partial charge < -0.3 is 5.73 Å². The van der Waals surface area contributed by atoms with Gasteiger partial charge in [-0.1, -0.05) is 41.0 Å². The maximum Gasteiger partial charge on any atom is 0.0208 e. The minimum Gasteiger partial charge on any atom is -0.325 e. The highest BCUT2D eigenvalue weighted by Gasteiger charge is 2.52. The summed E-state index contributed by atoms with van der Waals surface area (Å²) in [4.78, 5) is 0. The zero-order chi connectivity index (χ0) is 10.3. The van der Waals surface area contributed by atoms with Crippen LogP contribution in [0, 0.1) is 10.8 Å². The molecule has 1 fully saturated rings. The summed E-state index contributed by atoms with van der Waals surface area (Å²) in [5, 5.41) is 0. The molecular formula is C12H25N. The molecule has 0 bridgehead atoms. The lowest BCUT2D eigenvalue weighted by atomic mass is 9.51. The minimum atomic E-state index is 0.0503. The molecular weight excluding hydrogens is 158 g/mol. The van der Waals surface area contributed by atoms with Crippen LogP contribution in [0.4, 0.5) is 0 Å². The van der Waals surface area contributed by atoms with Crippen molar-refractivity contribution < 1.29 is 0 Å². The second-order valence-corrected chi connectivity index (χ2v) is 5.87. The van der Waals surface area contributed by atoms with Gasteiger partial charge in [0.15, 0.2) is 0 Å². The predicted octanol–water partition coefficient (Wildman–Crippen LogP) is 3.33. The molecule has 1 aliphatic carbocycles. The first kappa shape index (κ1) is 11.0. The summed E-state index contributed by atoms with van der Waals surface area (Å²) in [6.45, 7) is 11.6. The van der Waals surface area contributed by atoms with Crippen LogP contribution in [0.5, 0.6) is 0 Å². The normalized spacial score (nSPS) is 37.4. The standard InChI is InChI=1S/C12H25N/c1-6-12(13)9-7-8-10(2,3)11(12,4)5/h6-9,13H2,1-5H3. The first-order valence-corrected chi connectivity index (χ1v) is 5.56. The van der Waals surface area contributed by atoms with E-state index in [9.17, 15) is 0 Å². The van der Waals surface area contributed by atoms with Gasteiger partial charge in [-0.3, -0.25) is 0 Å². The smallest absolute Gasteiger partial charge is 0.0208 e. The van der Waals surface area contributed by atoms with Gasteiger partial charge >= 0.3 is 0 Å². The van der Waals surface area contributed by atoms with E-state index in [1.165, 1.54) is 19.3 Å². The van der Waals surface area contributed by atoms with E-state index in [1.54, 1.807) is 0 Å². The molecule has 0 amide bonds. The largest absolute Gasteiger partial charge is 0.325 e. The van der Waals surface area contributed by atoms with E-state index in [0.717, 1.165) is 6.42 Å². The van der Waals surface area contributed by atoms with Crippen LogP contribution in [0.15, 0.2) is 0 Å². The predicted molar refractivity (Wildman–Crippen MR) is 58.6 cm³/mol. The molecule has 1 nitrogen and oxygen atoms in total. The Kier molecular flexibility index (Phi) is 2.53. The summed E-state index contributed by atoms with van der Waals surface area (Å²) in [5.74, 6) is 0. The van der Waals surface area contributed by atoms with Crippen LogP contribution in [-0.4, -0.2) is 5.54 Å². The maximum atomic E-state index is 6.51. The van der Waals surface area contributed by atoms with Gasteiger partial charge in [-0.15, -0.1) is 0 Å². The molecule has 0 saturated heterocycles. The fourth-order valence-corrected chi connectivity index (χ4v) is 2.76. The monoisotopic (exact) mass is 183 g/mol. The zero-order valence-electron chi connectivity index (χ0n) is 9.91. The zero-order valence-corrected chi connectivity index (χ0v) is 9.91. The van der Waals surface area contributed by atoms with E-state index in [4.69, 9.17) is 5.73 Å². The fourth-order valence-electron chi connectivity index (χ4n) is 2.76. The lowest BCUT2D eigenvalue weighted by Gasteiger charge is -2.57. The summed E-state index contributed by atoms with van der Waals surface area (Å²) in [6.07, 6.45) is 4.91. The van der Waals surface area contributed by atoms with Gasteiger partial charge in [0.1, 0.15) is 0 Å². The molecule has 1 unspecified atom stereocenters. The van der Waals surface area contributed by atoms with Crippen LogP contribution in [0.3, 0.4) is 0 Å². The van der Waals surface area contributed by atoms with E-state index in [2.05, 4.69) is 34.6 Å². The van der Waals surface area contributed by atoms with Gasteiger partial charge in [0.2, 0.25) is 0 Å². The van der Waals surface area contributed by atoms with Crippen molar-refractivity contribution in [3.8, 4) is 0 Å². The number of rotatable bonds is 1. The summed E-state index contributed by atoms with van der Waals surface area (Å²) < 4.78 is 0. The van der Waals surface area contributed by atoms with Gasteiger partial charge in [-0.25, -0.2) is 0 Å². The number of hydrogen-bond donors (Lipinski definition) is 1. The van der Waals surface area contributed by atoms with Crippen LogP contribution in [-0.2, 0) is 0 Å². The van der Waals surface area contributed by atoms with E-state index < -0.39 is 0 Å². The summed E-state index contributed by atoms with van der Waals surface area (Å²) in [6, 6.07) is 0. The molecule has 2 N–H and O–H groups in total. The molecule has 0 aromatic rings. The van der Waals surface area contributed by atoms with E-state index in [0.29, 0.717) is 5.41 Å². The number of hydrogen-bond acceptors (Lipinski definition) is 1. The highest BCUT2D eigenvalue weighted by molar-refractivity contribution is 5.06. The molecule has 0 radical (unpaired) electrons. The average Bonchev–Trinajstić information content (AvgIpc) is 2.01.